The van der Waals surface area contributed by atoms with Gasteiger partial charge < -0.3 is 16.0 Å². The van der Waals surface area contributed by atoms with Crippen molar-refractivity contribution in [1.82, 2.24) is 16.0 Å². The SMILES string of the molecule is O=C1CC(NC(=O)NC(c2ccccc2)c2ccccc2)CN1. The first-order valence-corrected chi connectivity index (χ1v) is 7.66. The van der Waals surface area contributed by atoms with Gasteiger partial charge in [-0.15, -0.1) is 0 Å². The molecular formula is C18H19N3O2. The van der Waals surface area contributed by atoms with Gasteiger partial charge in [0.1, 0.15) is 0 Å². The number of carbonyl (C=O) groups excluding carboxylic acids is 2. The zero-order chi connectivity index (χ0) is 16.1. The minimum absolute atomic E-state index is 0.0297. The van der Waals surface area contributed by atoms with Crippen molar-refractivity contribution in [3.05, 3.63) is 71.8 Å². The number of hydrogen-bond donors (Lipinski definition) is 3. The first kappa shape index (κ1) is 15.1. The molecule has 0 saturated carbocycles. The molecule has 1 saturated heterocycles. The van der Waals surface area contributed by atoms with Gasteiger partial charge in [0.15, 0.2) is 0 Å². The van der Waals surface area contributed by atoms with Crippen LogP contribution in [0.5, 0.6) is 0 Å². The summed E-state index contributed by atoms with van der Waals surface area (Å²) >= 11 is 0. The van der Waals surface area contributed by atoms with Crippen molar-refractivity contribution < 1.29 is 9.59 Å². The Morgan fingerprint density at radius 3 is 2.04 bits per heavy atom. The molecule has 0 aliphatic carbocycles. The second-order valence-electron chi connectivity index (χ2n) is 5.58. The molecule has 2 aromatic rings. The summed E-state index contributed by atoms with van der Waals surface area (Å²) in [5.74, 6) is -0.0297. The molecule has 1 atom stereocenters. The normalized spacial score (nSPS) is 16.9. The number of urea groups is 1. The predicted octanol–water partition coefficient (Wildman–Crippen LogP) is 1.96. The van der Waals surface area contributed by atoms with Crippen LogP contribution >= 0.6 is 0 Å². The van der Waals surface area contributed by atoms with Gasteiger partial charge in [-0.3, -0.25) is 4.79 Å². The van der Waals surface area contributed by atoms with E-state index >= 15 is 0 Å². The summed E-state index contributed by atoms with van der Waals surface area (Å²) in [7, 11) is 0. The number of nitrogens with one attached hydrogen (secondary N) is 3. The van der Waals surface area contributed by atoms with E-state index in [9.17, 15) is 9.59 Å². The van der Waals surface area contributed by atoms with Crippen molar-refractivity contribution in [2.45, 2.75) is 18.5 Å². The monoisotopic (exact) mass is 309 g/mol. The lowest BCUT2D eigenvalue weighted by Crippen LogP contribution is -2.44. The van der Waals surface area contributed by atoms with Gasteiger partial charge in [-0.1, -0.05) is 60.7 Å². The Kier molecular flexibility index (Phi) is 4.57. The van der Waals surface area contributed by atoms with E-state index in [2.05, 4.69) is 16.0 Å². The average molecular weight is 309 g/mol. The van der Waals surface area contributed by atoms with Crippen LogP contribution < -0.4 is 16.0 Å². The summed E-state index contributed by atoms with van der Waals surface area (Å²) in [6.07, 6.45) is 0.328. The molecule has 2 aromatic carbocycles. The molecule has 1 fully saturated rings. The van der Waals surface area contributed by atoms with Crippen LogP contribution in [0.25, 0.3) is 0 Å². The lowest BCUT2D eigenvalue weighted by atomic mass is 9.99. The molecule has 1 unspecified atom stereocenters. The highest BCUT2D eigenvalue weighted by atomic mass is 16.2. The molecule has 0 spiro atoms. The second kappa shape index (κ2) is 6.96. The topological polar surface area (TPSA) is 70.2 Å². The summed E-state index contributed by atoms with van der Waals surface area (Å²) in [6, 6.07) is 19.0. The van der Waals surface area contributed by atoms with Crippen molar-refractivity contribution in [2.75, 3.05) is 6.54 Å². The standard InChI is InChI=1S/C18H19N3O2/c22-16-11-15(12-19-16)20-18(23)21-17(13-7-3-1-4-8-13)14-9-5-2-6-10-14/h1-10,15,17H,11-12H2,(H,19,22)(H2,20,21,23). The Morgan fingerprint density at radius 2 is 1.57 bits per heavy atom. The highest BCUT2D eigenvalue weighted by Crippen LogP contribution is 2.21. The average Bonchev–Trinajstić information content (AvgIpc) is 2.99. The fourth-order valence-corrected chi connectivity index (χ4v) is 2.72. The Bertz CT molecular complexity index is 634. The van der Waals surface area contributed by atoms with Gasteiger partial charge in [0, 0.05) is 13.0 Å². The lowest BCUT2D eigenvalue weighted by molar-refractivity contribution is -0.119. The van der Waals surface area contributed by atoms with E-state index in [0.29, 0.717) is 13.0 Å². The summed E-state index contributed by atoms with van der Waals surface area (Å²) in [4.78, 5) is 23.5. The van der Waals surface area contributed by atoms with E-state index in [-0.39, 0.29) is 24.0 Å². The van der Waals surface area contributed by atoms with E-state index in [1.165, 1.54) is 0 Å². The maximum Gasteiger partial charge on any atom is 0.315 e. The number of rotatable bonds is 4. The van der Waals surface area contributed by atoms with Crippen molar-refractivity contribution in [2.24, 2.45) is 0 Å². The molecule has 1 heterocycles. The molecule has 23 heavy (non-hydrogen) atoms. The fraction of sp³-hybridized carbons (Fsp3) is 0.222. The first-order valence-electron chi connectivity index (χ1n) is 7.66. The minimum Gasteiger partial charge on any atom is -0.354 e. The Labute approximate surface area is 135 Å². The third-order valence-electron chi connectivity index (χ3n) is 3.85. The van der Waals surface area contributed by atoms with Gasteiger partial charge in [-0.25, -0.2) is 4.79 Å². The third kappa shape index (κ3) is 3.88. The molecule has 5 nitrogen and oxygen atoms in total. The fourth-order valence-electron chi connectivity index (χ4n) is 2.72. The minimum atomic E-state index is -0.274. The van der Waals surface area contributed by atoms with Crippen molar-refractivity contribution >= 4 is 11.9 Å². The Balaban J connectivity index is 1.74. The van der Waals surface area contributed by atoms with Crippen molar-refractivity contribution in [3.8, 4) is 0 Å². The van der Waals surface area contributed by atoms with Crippen LogP contribution in [-0.4, -0.2) is 24.5 Å². The molecular weight excluding hydrogens is 290 g/mol. The van der Waals surface area contributed by atoms with Gasteiger partial charge in [0.05, 0.1) is 12.1 Å². The molecule has 0 aromatic heterocycles. The molecule has 0 bridgehead atoms. The largest absolute Gasteiger partial charge is 0.354 e. The molecule has 3 N–H and O–H groups in total. The van der Waals surface area contributed by atoms with Gasteiger partial charge >= 0.3 is 6.03 Å². The smallest absolute Gasteiger partial charge is 0.315 e. The molecule has 5 heteroatoms. The van der Waals surface area contributed by atoms with Crippen LogP contribution in [-0.2, 0) is 4.79 Å². The number of hydrogen-bond acceptors (Lipinski definition) is 2. The van der Waals surface area contributed by atoms with Crippen LogP contribution in [0.3, 0.4) is 0 Å². The predicted molar refractivity (Wildman–Crippen MR) is 87.8 cm³/mol. The summed E-state index contributed by atoms with van der Waals surface area (Å²) < 4.78 is 0. The van der Waals surface area contributed by atoms with E-state index in [1.54, 1.807) is 0 Å². The second-order valence-corrected chi connectivity index (χ2v) is 5.58. The first-order chi connectivity index (χ1) is 11.2. The lowest BCUT2D eigenvalue weighted by Gasteiger charge is -2.21. The molecule has 3 rings (SSSR count). The van der Waals surface area contributed by atoms with Gasteiger partial charge in [0.25, 0.3) is 0 Å². The quantitative estimate of drug-likeness (QED) is 0.808. The molecule has 0 radical (unpaired) electrons. The van der Waals surface area contributed by atoms with Gasteiger partial charge in [-0.05, 0) is 11.1 Å². The van der Waals surface area contributed by atoms with Gasteiger partial charge in [0.2, 0.25) is 5.91 Å². The Hall–Kier alpha value is -2.82. The number of benzene rings is 2. The van der Waals surface area contributed by atoms with Crippen LogP contribution in [0, 0.1) is 0 Å². The zero-order valence-corrected chi connectivity index (χ0v) is 12.7. The summed E-state index contributed by atoms with van der Waals surface area (Å²) in [5.41, 5.74) is 2.02. The van der Waals surface area contributed by atoms with E-state index in [0.717, 1.165) is 11.1 Å². The van der Waals surface area contributed by atoms with E-state index in [1.807, 2.05) is 60.7 Å². The molecule has 1 aliphatic rings. The van der Waals surface area contributed by atoms with E-state index in [4.69, 9.17) is 0 Å². The number of amides is 3. The van der Waals surface area contributed by atoms with Crippen LogP contribution in [0.4, 0.5) is 4.79 Å². The van der Waals surface area contributed by atoms with Crippen molar-refractivity contribution in [3.63, 3.8) is 0 Å². The maximum atomic E-state index is 12.3. The number of carbonyl (C=O) groups is 2. The third-order valence-corrected chi connectivity index (χ3v) is 3.85. The highest BCUT2D eigenvalue weighted by molar-refractivity contribution is 5.81. The summed E-state index contributed by atoms with van der Waals surface area (Å²) in [6.45, 7) is 0.480. The van der Waals surface area contributed by atoms with Crippen LogP contribution in [0.15, 0.2) is 60.7 Å². The Morgan fingerprint density at radius 1 is 1.00 bits per heavy atom. The molecule has 3 amide bonds. The van der Waals surface area contributed by atoms with E-state index < -0.39 is 0 Å². The van der Waals surface area contributed by atoms with Crippen LogP contribution in [0.2, 0.25) is 0 Å². The maximum absolute atomic E-state index is 12.3. The summed E-state index contributed by atoms with van der Waals surface area (Å²) in [5, 5.41) is 8.56. The molecule has 1 aliphatic heterocycles. The zero-order valence-electron chi connectivity index (χ0n) is 12.7. The van der Waals surface area contributed by atoms with Crippen LogP contribution in [0.1, 0.15) is 23.6 Å². The van der Waals surface area contributed by atoms with Gasteiger partial charge in [-0.2, -0.15) is 0 Å². The van der Waals surface area contributed by atoms with Crippen molar-refractivity contribution in [1.29, 1.82) is 0 Å². The molecule has 118 valence electrons. The highest BCUT2D eigenvalue weighted by Gasteiger charge is 2.24.